The zero-order valence-corrected chi connectivity index (χ0v) is 13.6. The van der Waals surface area contributed by atoms with Crippen molar-refractivity contribution in [3.8, 4) is 5.75 Å². The summed E-state index contributed by atoms with van der Waals surface area (Å²) in [6, 6.07) is 14.9. The summed E-state index contributed by atoms with van der Waals surface area (Å²) in [7, 11) is 0. The number of hydrogen-bond acceptors (Lipinski definition) is 3. The first-order valence-electron chi connectivity index (χ1n) is 8.08. The average Bonchev–Trinajstić information content (AvgIpc) is 3.01. The first-order chi connectivity index (χ1) is 11.7. The van der Waals surface area contributed by atoms with Crippen LogP contribution >= 0.6 is 0 Å². The summed E-state index contributed by atoms with van der Waals surface area (Å²) in [4.78, 5) is 26.2. The number of amides is 2. The van der Waals surface area contributed by atoms with Gasteiger partial charge in [0.1, 0.15) is 12.2 Å². The van der Waals surface area contributed by atoms with Gasteiger partial charge in [0, 0.05) is 17.9 Å². The average molecular weight is 324 g/mol. The van der Waals surface area contributed by atoms with Gasteiger partial charge in [-0.05, 0) is 49.2 Å². The molecule has 0 saturated heterocycles. The third-order valence-corrected chi connectivity index (χ3v) is 3.95. The molecule has 5 heteroatoms. The molecular weight excluding hydrogens is 304 g/mol. The van der Waals surface area contributed by atoms with E-state index in [9.17, 15) is 9.59 Å². The Hall–Kier alpha value is -2.82. The van der Waals surface area contributed by atoms with Gasteiger partial charge in [0.25, 0.3) is 0 Å². The standard InChI is InChI=1S/C19H20N2O3/c1-2-24-16-9-7-15(8-10-16)20-18(22)13-19(23)21-12-11-14-5-3-4-6-17(14)21/h3-10H,2,11-13H2,1H3,(H,20,22). The third-order valence-electron chi connectivity index (χ3n) is 3.95. The van der Waals surface area contributed by atoms with Gasteiger partial charge >= 0.3 is 0 Å². The molecule has 2 aromatic rings. The van der Waals surface area contributed by atoms with Gasteiger partial charge in [-0.3, -0.25) is 9.59 Å². The Morgan fingerprint density at radius 1 is 1.12 bits per heavy atom. The van der Waals surface area contributed by atoms with Crippen LogP contribution < -0.4 is 15.0 Å². The van der Waals surface area contributed by atoms with E-state index in [0.29, 0.717) is 18.8 Å². The van der Waals surface area contributed by atoms with Gasteiger partial charge < -0.3 is 15.0 Å². The first-order valence-corrected chi connectivity index (χ1v) is 8.08. The number of benzene rings is 2. The minimum atomic E-state index is -0.312. The molecule has 0 radical (unpaired) electrons. The zero-order chi connectivity index (χ0) is 16.9. The second-order valence-corrected chi connectivity index (χ2v) is 5.61. The van der Waals surface area contributed by atoms with Crippen LogP contribution in [0.2, 0.25) is 0 Å². The minimum Gasteiger partial charge on any atom is -0.494 e. The predicted octanol–water partition coefficient (Wildman–Crippen LogP) is 3.00. The molecule has 0 aliphatic carbocycles. The number of hydrogen-bond donors (Lipinski definition) is 1. The van der Waals surface area contributed by atoms with E-state index in [-0.39, 0.29) is 18.2 Å². The Labute approximate surface area is 141 Å². The van der Waals surface area contributed by atoms with Crippen molar-refractivity contribution in [1.29, 1.82) is 0 Å². The van der Waals surface area contributed by atoms with Gasteiger partial charge in [-0.15, -0.1) is 0 Å². The maximum absolute atomic E-state index is 12.4. The quantitative estimate of drug-likeness (QED) is 0.860. The van der Waals surface area contributed by atoms with Crippen LogP contribution in [0.3, 0.4) is 0 Å². The summed E-state index contributed by atoms with van der Waals surface area (Å²) >= 11 is 0. The molecule has 24 heavy (non-hydrogen) atoms. The summed E-state index contributed by atoms with van der Waals surface area (Å²) in [6.45, 7) is 3.14. The topological polar surface area (TPSA) is 58.6 Å². The smallest absolute Gasteiger partial charge is 0.236 e. The van der Waals surface area contributed by atoms with E-state index in [0.717, 1.165) is 23.4 Å². The normalized spacial score (nSPS) is 12.6. The molecule has 2 aromatic carbocycles. The number of ether oxygens (including phenoxy) is 1. The summed E-state index contributed by atoms with van der Waals surface area (Å²) in [5.74, 6) is 0.261. The Morgan fingerprint density at radius 3 is 2.62 bits per heavy atom. The van der Waals surface area contributed by atoms with Crippen LogP contribution in [-0.2, 0) is 16.0 Å². The number of carbonyl (C=O) groups excluding carboxylic acids is 2. The maximum Gasteiger partial charge on any atom is 0.236 e. The fraction of sp³-hybridized carbons (Fsp3) is 0.263. The summed E-state index contributed by atoms with van der Waals surface area (Å²) in [5.41, 5.74) is 2.72. The molecular formula is C19H20N2O3. The number of nitrogens with zero attached hydrogens (tertiary/aromatic N) is 1. The highest BCUT2D eigenvalue weighted by Gasteiger charge is 2.25. The maximum atomic E-state index is 12.4. The molecule has 0 saturated carbocycles. The van der Waals surface area contributed by atoms with Gasteiger partial charge in [-0.25, -0.2) is 0 Å². The van der Waals surface area contributed by atoms with Crippen LogP contribution in [0.25, 0.3) is 0 Å². The largest absolute Gasteiger partial charge is 0.494 e. The number of anilines is 2. The van der Waals surface area contributed by atoms with Crippen molar-refractivity contribution in [1.82, 2.24) is 0 Å². The van der Waals surface area contributed by atoms with Gasteiger partial charge in [0.15, 0.2) is 0 Å². The lowest BCUT2D eigenvalue weighted by Gasteiger charge is -2.17. The Balaban J connectivity index is 1.58. The predicted molar refractivity (Wildman–Crippen MR) is 93.4 cm³/mol. The van der Waals surface area contributed by atoms with E-state index in [4.69, 9.17) is 4.74 Å². The zero-order valence-electron chi connectivity index (χ0n) is 13.6. The van der Waals surface area contributed by atoms with Gasteiger partial charge in [0.2, 0.25) is 11.8 Å². The number of carbonyl (C=O) groups is 2. The summed E-state index contributed by atoms with van der Waals surface area (Å²) < 4.78 is 5.36. The highest BCUT2D eigenvalue weighted by atomic mass is 16.5. The van der Waals surface area contributed by atoms with Crippen LogP contribution in [-0.4, -0.2) is 25.0 Å². The Bertz CT molecular complexity index is 741. The van der Waals surface area contributed by atoms with E-state index >= 15 is 0 Å². The highest BCUT2D eigenvalue weighted by Crippen LogP contribution is 2.28. The molecule has 0 fully saturated rings. The van der Waals surface area contributed by atoms with E-state index in [1.165, 1.54) is 0 Å². The molecule has 0 bridgehead atoms. The van der Waals surface area contributed by atoms with E-state index in [1.807, 2.05) is 31.2 Å². The molecule has 1 heterocycles. The molecule has 1 aliphatic rings. The van der Waals surface area contributed by atoms with Crippen molar-refractivity contribution >= 4 is 23.2 Å². The molecule has 3 rings (SSSR count). The summed E-state index contributed by atoms with van der Waals surface area (Å²) in [5, 5.41) is 2.75. The number of rotatable bonds is 5. The third kappa shape index (κ3) is 3.56. The van der Waals surface area contributed by atoms with E-state index < -0.39 is 0 Å². The summed E-state index contributed by atoms with van der Waals surface area (Å²) in [6.07, 6.45) is 0.671. The highest BCUT2D eigenvalue weighted by molar-refractivity contribution is 6.09. The van der Waals surface area contributed by atoms with Crippen molar-refractivity contribution in [2.24, 2.45) is 0 Å². The molecule has 1 N–H and O–H groups in total. The fourth-order valence-electron chi connectivity index (χ4n) is 2.84. The van der Waals surface area contributed by atoms with Crippen LogP contribution in [0, 0.1) is 0 Å². The van der Waals surface area contributed by atoms with Crippen LogP contribution in [0.1, 0.15) is 18.9 Å². The second kappa shape index (κ2) is 7.17. The monoisotopic (exact) mass is 324 g/mol. The number of nitrogens with one attached hydrogen (secondary N) is 1. The lowest BCUT2D eigenvalue weighted by atomic mass is 10.2. The van der Waals surface area contributed by atoms with Gasteiger partial charge in [-0.1, -0.05) is 18.2 Å². The van der Waals surface area contributed by atoms with E-state index in [1.54, 1.807) is 29.2 Å². The Morgan fingerprint density at radius 2 is 1.88 bits per heavy atom. The number of para-hydroxylation sites is 1. The first kappa shape index (κ1) is 16.1. The molecule has 5 nitrogen and oxygen atoms in total. The second-order valence-electron chi connectivity index (χ2n) is 5.61. The van der Waals surface area contributed by atoms with Crippen LogP contribution in [0.4, 0.5) is 11.4 Å². The minimum absolute atomic E-state index is 0.165. The lowest BCUT2D eigenvalue weighted by molar-refractivity contribution is -0.125. The molecule has 2 amide bonds. The molecule has 0 unspecified atom stereocenters. The lowest BCUT2D eigenvalue weighted by Crippen LogP contribution is -2.32. The molecule has 0 atom stereocenters. The molecule has 124 valence electrons. The van der Waals surface area contributed by atoms with Crippen LogP contribution in [0.5, 0.6) is 5.75 Å². The SMILES string of the molecule is CCOc1ccc(NC(=O)CC(=O)N2CCc3ccccc32)cc1. The fourth-order valence-corrected chi connectivity index (χ4v) is 2.84. The van der Waals surface area contributed by atoms with Gasteiger partial charge in [-0.2, -0.15) is 0 Å². The van der Waals surface area contributed by atoms with Crippen molar-refractivity contribution in [3.63, 3.8) is 0 Å². The molecule has 1 aliphatic heterocycles. The van der Waals surface area contributed by atoms with Crippen molar-refractivity contribution < 1.29 is 14.3 Å². The number of fused-ring (bicyclic) bond motifs is 1. The Kier molecular flexibility index (Phi) is 4.79. The van der Waals surface area contributed by atoms with Gasteiger partial charge in [0.05, 0.1) is 6.61 Å². The van der Waals surface area contributed by atoms with Crippen molar-refractivity contribution in [2.75, 3.05) is 23.4 Å². The van der Waals surface area contributed by atoms with Crippen LogP contribution in [0.15, 0.2) is 48.5 Å². The van der Waals surface area contributed by atoms with Crippen molar-refractivity contribution in [2.45, 2.75) is 19.8 Å². The van der Waals surface area contributed by atoms with Crippen molar-refractivity contribution in [3.05, 3.63) is 54.1 Å². The molecule has 0 spiro atoms. The molecule has 0 aromatic heterocycles. The van der Waals surface area contributed by atoms with E-state index in [2.05, 4.69) is 5.32 Å².